The van der Waals surface area contributed by atoms with Gasteiger partial charge in [-0.25, -0.2) is 0 Å². The molecule has 1 aliphatic rings. The Kier molecular flexibility index (Phi) is 3.75. The largest absolute Gasteiger partial charge is 0.399 e. The molecule has 1 amide bonds. The van der Waals surface area contributed by atoms with Crippen LogP contribution in [0.15, 0.2) is 23.1 Å². The molecule has 1 aromatic carbocycles. The van der Waals surface area contributed by atoms with E-state index in [9.17, 15) is 17.8 Å². The summed E-state index contributed by atoms with van der Waals surface area (Å²) < 4.78 is 31.9. The first kappa shape index (κ1) is 14.2. The number of hydrogen-bond donors (Lipinski definition) is 3. The van der Waals surface area contributed by atoms with Gasteiger partial charge in [0.1, 0.15) is 4.90 Å². The van der Waals surface area contributed by atoms with Crippen molar-refractivity contribution in [2.24, 2.45) is 5.92 Å². The smallest absolute Gasteiger partial charge is 0.296 e. The fourth-order valence-corrected chi connectivity index (χ4v) is 3.02. The number of thiol groups is 1. The van der Waals surface area contributed by atoms with Crippen molar-refractivity contribution in [3.8, 4) is 0 Å². The first-order valence-electron chi connectivity index (χ1n) is 5.61. The van der Waals surface area contributed by atoms with Crippen LogP contribution >= 0.6 is 12.6 Å². The van der Waals surface area contributed by atoms with Gasteiger partial charge >= 0.3 is 0 Å². The molecule has 3 N–H and O–H groups in total. The summed E-state index contributed by atoms with van der Waals surface area (Å²) in [6.07, 6.45) is 0.309. The Labute approximate surface area is 116 Å². The van der Waals surface area contributed by atoms with Gasteiger partial charge in [-0.15, -0.1) is 0 Å². The summed E-state index contributed by atoms with van der Waals surface area (Å²) in [5.41, 5.74) is 6.07. The van der Waals surface area contributed by atoms with Gasteiger partial charge in [0.25, 0.3) is 10.1 Å². The minimum atomic E-state index is -4.40. The highest BCUT2D eigenvalue weighted by Crippen LogP contribution is 2.32. The lowest BCUT2D eigenvalue weighted by atomic mass is 10.1. The van der Waals surface area contributed by atoms with Gasteiger partial charge in [0.2, 0.25) is 5.91 Å². The lowest BCUT2D eigenvalue weighted by Gasteiger charge is -2.19. The van der Waals surface area contributed by atoms with Crippen LogP contribution in [0.3, 0.4) is 0 Å². The molecule has 1 heterocycles. The van der Waals surface area contributed by atoms with Crippen LogP contribution in [0.1, 0.15) is 6.42 Å². The highest BCUT2D eigenvalue weighted by Gasteiger charge is 2.33. The lowest BCUT2D eigenvalue weighted by molar-refractivity contribution is -0.117. The molecular weight excluding hydrogens is 288 g/mol. The van der Waals surface area contributed by atoms with E-state index in [4.69, 9.17) is 5.73 Å². The second-order valence-corrected chi connectivity index (χ2v) is 6.21. The van der Waals surface area contributed by atoms with E-state index in [1.54, 1.807) is 0 Å². The number of nitrogen functional groups attached to an aromatic ring is 1. The first-order valence-corrected chi connectivity index (χ1v) is 7.68. The van der Waals surface area contributed by atoms with Crippen LogP contribution in [-0.2, 0) is 14.9 Å². The summed E-state index contributed by atoms with van der Waals surface area (Å²) in [4.78, 5) is 12.9. The molecule has 6 nitrogen and oxygen atoms in total. The van der Waals surface area contributed by atoms with Crippen molar-refractivity contribution in [1.82, 2.24) is 0 Å². The van der Waals surface area contributed by atoms with Gasteiger partial charge in [-0.2, -0.15) is 21.0 Å². The van der Waals surface area contributed by atoms with Crippen LogP contribution < -0.4 is 10.6 Å². The second-order valence-electron chi connectivity index (χ2n) is 4.46. The predicted octanol–water partition coefficient (Wildman–Crippen LogP) is 0.798. The minimum Gasteiger partial charge on any atom is -0.399 e. The zero-order chi connectivity index (χ0) is 14.2. The summed E-state index contributed by atoms with van der Waals surface area (Å²) in [7, 11) is -4.40. The zero-order valence-electron chi connectivity index (χ0n) is 9.98. The van der Waals surface area contributed by atoms with Crippen molar-refractivity contribution in [2.75, 3.05) is 22.9 Å². The van der Waals surface area contributed by atoms with Gasteiger partial charge < -0.3 is 10.6 Å². The number of nitrogens with two attached hydrogens (primary N) is 1. The summed E-state index contributed by atoms with van der Waals surface area (Å²) in [5, 5.41) is 0. The third-order valence-corrected chi connectivity index (χ3v) is 4.43. The molecular formula is C11H14N2O4S2. The highest BCUT2D eigenvalue weighted by molar-refractivity contribution is 7.86. The molecule has 2 rings (SSSR count). The molecule has 1 fully saturated rings. The van der Waals surface area contributed by atoms with Crippen molar-refractivity contribution in [2.45, 2.75) is 11.3 Å². The third kappa shape index (κ3) is 2.85. The van der Waals surface area contributed by atoms with Gasteiger partial charge in [-0.1, -0.05) is 0 Å². The number of anilines is 2. The molecule has 104 valence electrons. The monoisotopic (exact) mass is 302 g/mol. The van der Waals surface area contributed by atoms with Gasteiger partial charge in [0.15, 0.2) is 0 Å². The molecule has 1 saturated heterocycles. The van der Waals surface area contributed by atoms with Crippen LogP contribution in [0.5, 0.6) is 0 Å². The summed E-state index contributed by atoms with van der Waals surface area (Å²) in [6.45, 7) is 0.369. The van der Waals surface area contributed by atoms with Crippen molar-refractivity contribution in [3.63, 3.8) is 0 Å². The van der Waals surface area contributed by atoms with Gasteiger partial charge in [0.05, 0.1) is 5.69 Å². The minimum absolute atomic E-state index is 0.0616. The van der Waals surface area contributed by atoms with Crippen molar-refractivity contribution >= 4 is 40.0 Å². The molecule has 1 unspecified atom stereocenters. The maximum Gasteiger partial charge on any atom is 0.296 e. The lowest BCUT2D eigenvalue weighted by Crippen LogP contribution is -2.26. The van der Waals surface area contributed by atoms with E-state index < -0.39 is 10.1 Å². The molecule has 1 aromatic rings. The molecule has 0 spiro atoms. The maximum atomic E-state index is 11.9. The normalized spacial score (nSPS) is 20.0. The SMILES string of the molecule is Nc1ccc(S(=O)(=O)O)c(N2CC(CS)CC2=O)c1. The summed E-state index contributed by atoms with van der Waals surface area (Å²) >= 11 is 4.14. The molecule has 1 aliphatic heterocycles. The van der Waals surface area contributed by atoms with Gasteiger partial charge in [0, 0.05) is 18.7 Å². The van der Waals surface area contributed by atoms with E-state index in [1.165, 1.54) is 23.1 Å². The topological polar surface area (TPSA) is 101 Å². The van der Waals surface area contributed by atoms with E-state index in [0.717, 1.165) is 0 Å². The standard InChI is InChI=1S/C11H14N2O4S2/c12-8-1-2-10(19(15,16)17)9(4-8)13-5-7(6-18)3-11(13)14/h1-2,4,7,18H,3,5-6,12H2,(H,15,16,17). The maximum absolute atomic E-state index is 11.9. The van der Waals surface area contributed by atoms with Gasteiger partial charge in [-0.3, -0.25) is 9.35 Å². The number of amides is 1. The molecule has 1 atom stereocenters. The summed E-state index contributed by atoms with van der Waals surface area (Å²) in [6, 6.07) is 3.94. The van der Waals surface area contributed by atoms with E-state index in [-0.39, 0.29) is 22.4 Å². The number of carbonyl (C=O) groups is 1. The quantitative estimate of drug-likeness (QED) is 0.435. The number of carbonyl (C=O) groups excluding carboxylic acids is 1. The predicted molar refractivity (Wildman–Crippen MR) is 75.0 cm³/mol. The Bertz CT molecular complexity index is 615. The fourth-order valence-electron chi connectivity index (χ4n) is 2.10. The second kappa shape index (κ2) is 5.03. The Morgan fingerprint density at radius 1 is 1.47 bits per heavy atom. The van der Waals surface area contributed by atoms with Crippen molar-refractivity contribution in [1.29, 1.82) is 0 Å². The van der Waals surface area contributed by atoms with Crippen LogP contribution in [0.2, 0.25) is 0 Å². The molecule has 8 heteroatoms. The van der Waals surface area contributed by atoms with E-state index in [0.29, 0.717) is 24.4 Å². The van der Waals surface area contributed by atoms with E-state index in [1.807, 2.05) is 0 Å². The van der Waals surface area contributed by atoms with Gasteiger partial charge in [-0.05, 0) is 29.9 Å². The Morgan fingerprint density at radius 2 is 2.16 bits per heavy atom. The Morgan fingerprint density at radius 3 is 2.68 bits per heavy atom. The molecule has 0 bridgehead atoms. The average Bonchev–Trinajstić information content (AvgIpc) is 2.68. The Hall–Kier alpha value is -1.25. The van der Waals surface area contributed by atoms with Crippen LogP contribution in [0, 0.1) is 5.92 Å². The number of benzene rings is 1. The average molecular weight is 302 g/mol. The number of rotatable bonds is 3. The van der Waals surface area contributed by atoms with Crippen LogP contribution in [-0.4, -0.2) is 31.2 Å². The van der Waals surface area contributed by atoms with E-state index >= 15 is 0 Å². The number of nitrogens with zero attached hydrogens (tertiary/aromatic N) is 1. The Balaban J connectivity index is 2.50. The molecule has 0 saturated carbocycles. The fraction of sp³-hybridized carbons (Fsp3) is 0.364. The molecule has 0 radical (unpaired) electrons. The molecule has 19 heavy (non-hydrogen) atoms. The summed E-state index contributed by atoms with van der Waals surface area (Å²) in [5.74, 6) is 0.396. The highest BCUT2D eigenvalue weighted by atomic mass is 32.2. The van der Waals surface area contributed by atoms with Crippen LogP contribution in [0.4, 0.5) is 11.4 Å². The van der Waals surface area contributed by atoms with Crippen LogP contribution in [0.25, 0.3) is 0 Å². The molecule has 0 aliphatic carbocycles. The number of hydrogen-bond acceptors (Lipinski definition) is 5. The van der Waals surface area contributed by atoms with Crippen molar-refractivity contribution in [3.05, 3.63) is 18.2 Å². The zero-order valence-corrected chi connectivity index (χ0v) is 11.7. The molecule has 0 aromatic heterocycles. The van der Waals surface area contributed by atoms with E-state index in [2.05, 4.69) is 12.6 Å². The van der Waals surface area contributed by atoms with Crippen molar-refractivity contribution < 1.29 is 17.8 Å². The first-order chi connectivity index (χ1) is 8.82. The third-order valence-electron chi connectivity index (χ3n) is 3.02.